The summed E-state index contributed by atoms with van der Waals surface area (Å²) >= 11 is 7.72. The minimum Gasteiger partial charge on any atom is -0.383 e. The van der Waals surface area contributed by atoms with E-state index in [1.807, 2.05) is 17.0 Å². The van der Waals surface area contributed by atoms with Gasteiger partial charge in [0.2, 0.25) is 0 Å². The Morgan fingerprint density at radius 1 is 1.20 bits per heavy atom. The Balaban J connectivity index is 1.46. The number of thiophene rings is 1. The third-order valence-electron chi connectivity index (χ3n) is 6.20. The number of halogens is 2. The fraction of sp³-hybridized carbons (Fsp3) is 0.522. The summed E-state index contributed by atoms with van der Waals surface area (Å²) in [7, 11) is 1.72. The number of benzene rings is 1. The molecule has 0 N–H and O–H groups in total. The first-order chi connectivity index (χ1) is 14.6. The Labute approximate surface area is 186 Å². The maximum absolute atomic E-state index is 15.0. The Morgan fingerprint density at radius 2 is 1.93 bits per heavy atom. The van der Waals surface area contributed by atoms with Gasteiger partial charge in [-0.25, -0.2) is 4.39 Å². The lowest BCUT2D eigenvalue weighted by atomic mass is 9.88. The molecule has 162 valence electrons. The van der Waals surface area contributed by atoms with Crippen LogP contribution in [0.25, 0.3) is 10.4 Å². The van der Waals surface area contributed by atoms with Gasteiger partial charge in [-0.15, -0.1) is 11.3 Å². The van der Waals surface area contributed by atoms with Crippen LogP contribution in [0.15, 0.2) is 24.3 Å². The van der Waals surface area contributed by atoms with Crippen LogP contribution < -0.4 is 0 Å². The molecule has 4 nitrogen and oxygen atoms in total. The lowest BCUT2D eigenvalue weighted by Crippen LogP contribution is -2.35. The molecule has 1 aromatic carbocycles. The smallest absolute Gasteiger partial charge is 0.265 e. The zero-order chi connectivity index (χ0) is 21.1. The quantitative estimate of drug-likeness (QED) is 0.601. The summed E-state index contributed by atoms with van der Waals surface area (Å²) in [6.07, 6.45) is 4.00. The third kappa shape index (κ3) is 4.72. The van der Waals surface area contributed by atoms with Crippen LogP contribution in [-0.4, -0.2) is 62.1 Å². The Hall–Kier alpha value is -1.47. The highest BCUT2D eigenvalue weighted by atomic mass is 35.5. The molecule has 7 heteroatoms. The van der Waals surface area contributed by atoms with E-state index in [9.17, 15) is 9.18 Å². The van der Waals surface area contributed by atoms with E-state index < -0.39 is 0 Å². The summed E-state index contributed by atoms with van der Waals surface area (Å²) in [6, 6.07) is 7.26. The second-order valence-corrected chi connectivity index (χ2v) is 9.59. The van der Waals surface area contributed by atoms with Crippen molar-refractivity contribution in [2.75, 3.05) is 46.4 Å². The topological polar surface area (TPSA) is 32.8 Å². The lowest BCUT2D eigenvalue weighted by molar-refractivity contribution is 0.0797. The maximum atomic E-state index is 15.0. The van der Waals surface area contributed by atoms with Crippen LogP contribution in [-0.2, 0) is 4.74 Å². The van der Waals surface area contributed by atoms with Crippen molar-refractivity contribution in [3.63, 3.8) is 0 Å². The second kappa shape index (κ2) is 9.77. The summed E-state index contributed by atoms with van der Waals surface area (Å²) in [4.78, 5) is 18.3. The van der Waals surface area contributed by atoms with Crippen molar-refractivity contribution in [1.29, 1.82) is 0 Å². The van der Waals surface area contributed by atoms with E-state index in [1.165, 1.54) is 11.3 Å². The summed E-state index contributed by atoms with van der Waals surface area (Å²) in [5, 5.41) is 0.458. The zero-order valence-corrected chi connectivity index (χ0v) is 18.9. The van der Waals surface area contributed by atoms with Gasteiger partial charge in [0.25, 0.3) is 5.91 Å². The molecular formula is C23H28ClFN2O2S. The number of piperidine rings is 1. The van der Waals surface area contributed by atoms with Crippen molar-refractivity contribution in [2.24, 2.45) is 0 Å². The van der Waals surface area contributed by atoms with Gasteiger partial charge in [-0.3, -0.25) is 4.79 Å². The monoisotopic (exact) mass is 450 g/mol. The highest BCUT2D eigenvalue weighted by Crippen LogP contribution is 2.38. The standard InChI is InChI=1S/C23H28ClFN2O2S/c1-29-13-12-26-10-6-16(7-11-26)18-5-4-17(14-20(18)25)21-15-19(24)22(30-21)23(28)27-8-2-3-9-27/h4-5,14-16H,2-3,6-13H2,1H3. The van der Waals surface area contributed by atoms with Crippen molar-refractivity contribution < 1.29 is 13.9 Å². The summed E-state index contributed by atoms with van der Waals surface area (Å²) in [6.45, 7) is 5.18. The minimum atomic E-state index is -0.167. The van der Waals surface area contributed by atoms with Crippen LogP contribution in [0.2, 0.25) is 5.02 Å². The van der Waals surface area contributed by atoms with E-state index in [-0.39, 0.29) is 17.6 Å². The van der Waals surface area contributed by atoms with E-state index in [1.54, 1.807) is 19.2 Å². The van der Waals surface area contributed by atoms with Gasteiger partial charge in [0.15, 0.2) is 0 Å². The molecule has 0 aliphatic carbocycles. The normalized spacial score (nSPS) is 18.3. The Kier molecular flexibility index (Phi) is 7.08. The molecule has 0 saturated carbocycles. The molecule has 0 bridgehead atoms. The van der Waals surface area contributed by atoms with Crippen molar-refractivity contribution in [1.82, 2.24) is 9.80 Å². The number of carbonyl (C=O) groups excluding carboxylic acids is 1. The molecule has 30 heavy (non-hydrogen) atoms. The van der Waals surface area contributed by atoms with Crippen LogP contribution in [0.5, 0.6) is 0 Å². The number of amides is 1. The molecule has 2 aliphatic heterocycles. The van der Waals surface area contributed by atoms with E-state index in [2.05, 4.69) is 4.90 Å². The zero-order valence-electron chi connectivity index (χ0n) is 17.3. The maximum Gasteiger partial charge on any atom is 0.265 e. The first kappa shape index (κ1) is 21.8. The molecule has 1 amide bonds. The number of hydrogen-bond donors (Lipinski definition) is 0. The van der Waals surface area contributed by atoms with Gasteiger partial charge in [-0.1, -0.05) is 23.7 Å². The van der Waals surface area contributed by atoms with Gasteiger partial charge in [0, 0.05) is 31.6 Å². The number of carbonyl (C=O) groups is 1. The van der Waals surface area contributed by atoms with Gasteiger partial charge in [-0.2, -0.15) is 0 Å². The minimum absolute atomic E-state index is 0.00826. The van der Waals surface area contributed by atoms with Crippen LogP contribution in [0.3, 0.4) is 0 Å². The molecular weight excluding hydrogens is 423 g/mol. The molecule has 2 saturated heterocycles. The molecule has 3 heterocycles. The molecule has 0 radical (unpaired) electrons. The van der Waals surface area contributed by atoms with Gasteiger partial charge in [-0.05, 0) is 68.0 Å². The van der Waals surface area contributed by atoms with E-state index in [0.717, 1.165) is 81.0 Å². The van der Waals surface area contributed by atoms with Crippen LogP contribution in [0.1, 0.15) is 46.8 Å². The highest BCUT2D eigenvalue weighted by Gasteiger charge is 2.25. The summed E-state index contributed by atoms with van der Waals surface area (Å²) in [5.74, 6) is 0.0722. The number of rotatable bonds is 6. The molecule has 0 spiro atoms. The summed E-state index contributed by atoms with van der Waals surface area (Å²) < 4.78 is 20.1. The van der Waals surface area contributed by atoms with Crippen molar-refractivity contribution in [3.05, 3.63) is 45.5 Å². The number of ether oxygens (including phenoxy) is 1. The fourth-order valence-electron chi connectivity index (χ4n) is 4.42. The SMILES string of the molecule is COCCN1CCC(c2ccc(-c3cc(Cl)c(C(=O)N4CCCC4)s3)cc2F)CC1. The van der Waals surface area contributed by atoms with Gasteiger partial charge >= 0.3 is 0 Å². The van der Waals surface area contributed by atoms with Gasteiger partial charge in [0.05, 0.1) is 11.6 Å². The molecule has 2 aromatic rings. The van der Waals surface area contributed by atoms with Gasteiger partial charge < -0.3 is 14.5 Å². The van der Waals surface area contributed by atoms with E-state index in [0.29, 0.717) is 9.90 Å². The van der Waals surface area contributed by atoms with Crippen LogP contribution in [0, 0.1) is 5.82 Å². The number of hydrogen-bond acceptors (Lipinski definition) is 4. The van der Waals surface area contributed by atoms with E-state index in [4.69, 9.17) is 16.3 Å². The molecule has 0 unspecified atom stereocenters. The van der Waals surface area contributed by atoms with E-state index >= 15 is 0 Å². The molecule has 2 fully saturated rings. The first-order valence-corrected chi connectivity index (χ1v) is 11.9. The average Bonchev–Trinajstić information content (AvgIpc) is 3.42. The van der Waals surface area contributed by atoms with Gasteiger partial charge in [0.1, 0.15) is 10.7 Å². The van der Waals surface area contributed by atoms with Crippen molar-refractivity contribution in [2.45, 2.75) is 31.6 Å². The summed E-state index contributed by atoms with van der Waals surface area (Å²) in [5.41, 5.74) is 1.57. The van der Waals surface area contributed by atoms with Crippen LogP contribution in [0.4, 0.5) is 4.39 Å². The third-order valence-corrected chi connectivity index (χ3v) is 7.78. The van der Waals surface area contributed by atoms with Crippen molar-refractivity contribution in [3.8, 4) is 10.4 Å². The lowest BCUT2D eigenvalue weighted by Gasteiger charge is -2.32. The number of nitrogens with zero attached hydrogens (tertiary/aromatic N) is 2. The molecule has 2 aliphatic rings. The average molecular weight is 451 g/mol. The van der Waals surface area contributed by atoms with Crippen LogP contribution >= 0.6 is 22.9 Å². The predicted molar refractivity (Wildman–Crippen MR) is 120 cm³/mol. The Bertz CT molecular complexity index is 889. The number of likely N-dealkylation sites (tertiary alicyclic amines) is 2. The molecule has 0 atom stereocenters. The predicted octanol–water partition coefficient (Wildman–Crippen LogP) is 5.27. The molecule has 1 aromatic heterocycles. The highest BCUT2D eigenvalue weighted by molar-refractivity contribution is 7.18. The first-order valence-electron chi connectivity index (χ1n) is 10.7. The largest absolute Gasteiger partial charge is 0.383 e. The fourth-order valence-corrected chi connectivity index (χ4v) is 5.80. The number of methoxy groups -OCH3 is 1. The Morgan fingerprint density at radius 3 is 2.60 bits per heavy atom. The molecule has 4 rings (SSSR count). The second-order valence-electron chi connectivity index (χ2n) is 8.13. The van der Waals surface area contributed by atoms with Crippen molar-refractivity contribution >= 4 is 28.8 Å².